The normalized spacial score (nSPS) is 30.1. The molecule has 6 saturated heterocycles. The number of hydrogen-bond donors (Lipinski definition) is 4. The van der Waals surface area contributed by atoms with E-state index in [2.05, 4.69) is 62.6 Å². The minimum atomic E-state index is -2.09. The van der Waals surface area contributed by atoms with Gasteiger partial charge in [-0.05, 0) is 249 Å². The summed E-state index contributed by atoms with van der Waals surface area (Å²) < 4.78 is 245. The molecule has 6 aliphatic carbocycles. The molecule has 35 heteroatoms. The molecule has 12 heterocycles. The molecule has 12 aliphatic rings. The molecule has 12 fully saturated rings. The number of thiophene rings is 1. The van der Waals surface area contributed by atoms with Gasteiger partial charge in [0.15, 0.2) is 5.92 Å². The first-order valence-corrected chi connectivity index (χ1v) is 46.4. The largest absolute Gasteiger partial charge is 2.00 e. The summed E-state index contributed by atoms with van der Waals surface area (Å²) in [7, 11) is 1.20. The fourth-order valence-corrected chi connectivity index (χ4v) is 19.2. The molecule has 3 radical (unpaired) electrons. The van der Waals surface area contributed by atoms with Crippen LogP contribution in [0.1, 0.15) is 354 Å². The Labute approximate surface area is 982 Å². The Morgan fingerprint density at radius 2 is 0.937 bits per heavy atom. The first-order chi connectivity index (χ1) is 74.6. The number of carboxylic acids is 2. The second-order valence-electron chi connectivity index (χ2n) is 34.7. The van der Waals surface area contributed by atoms with E-state index in [9.17, 15) is 44.9 Å². The molecule has 757 valence electrons. The van der Waals surface area contributed by atoms with Crippen molar-refractivity contribution in [2.45, 2.75) is 353 Å². The van der Waals surface area contributed by atoms with Gasteiger partial charge in [-0.1, -0.05) is 112 Å². The quantitative estimate of drug-likeness (QED) is 0.0208. The fourth-order valence-electron chi connectivity index (χ4n) is 18.2. The first kappa shape index (κ1) is 94.4. The number of carboxylic acid groups (broad SMARTS) is 2. The maximum atomic E-state index is 11.8. The molecular formula is C107H146BBrClKMgN12NaO16S. The van der Waals surface area contributed by atoms with E-state index in [1.54, 1.807) is 49.1 Å². The van der Waals surface area contributed by atoms with E-state index >= 15 is 0 Å². The van der Waals surface area contributed by atoms with E-state index < -0.39 is 162 Å². The zero-order valence-electron chi connectivity index (χ0n) is 109. The third-order valence-corrected chi connectivity index (χ3v) is 26.1. The Morgan fingerprint density at radius 3 is 1.23 bits per heavy atom. The van der Waals surface area contributed by atoms with Crippen LogP contribution < -0.4 is 105 Å². The molecule has 0 amide bonds. The molecule has 6 saturated carbocycles. The van der Waals surface area contributed by atoms with Gasteiger partial charge >= 0.3 is 116 Å². The van der Waals surface area contributed by atoms with Crippen LogP contribution in [0.5, 0.6) is 0 Å². The van der Waals surface area contributed by atoms with Gasteiger partial charge in [0.25, 0.3) is 11.7 Å². The van der Waals surface area contributed by atoms with Crippen molar-refractivity contribution in [1.82, 2.24) is 31.1 Å². The molecule has 142 heavy (non-hydrogen) atoms. The van der Waals surface area contributed by atoms with Crippen LogP contribution in [-0.2, 0) is 90.1 Å². The van der Waals surface area contributed by atoms with E-state index in [1.165, 1.54) is 31.6 Å². The Kier molecular flexibility index (Phi) is 45.6. The number of aromatic nitrogens is 5. The Balaban J connectivity index is 0.00000190. The molecule has 0 aromatic carbocycles. The number of aldehydes is 1. The summed E-state index contributed by atoms with van der Waals surface area (Å²) >= 11 is 4.56. The van der Waals surface area contributed by atoms with Gasteiger partial charge < -0.3 is 85.8 Å². The summed E-state index contributed by atoms with van der Waals surface area (Å²) in [6.45, 7) is 15.6. The van der Waals surface area contributed by atoms with E-state index in [-0.39, 0.29) is 290 Å². The topological polar surface area (TPSA) is 462 Å². The number of aryl methyl sites for hydroxylation is 1. The number of aliphatic carboxylic acids is 2. The second-order valence-corrected chi connectivity index (χ2v) is 36.5. The number of esters is 1. The average Bonchev–Trinajstić information content (AvgIpc) is 1.58. The smallest absolute Gasteiger partial charge is 1.00 e. The molecule has 6 aromatic rings. The van der Waals surface area contributed by atoms with Crippen LogP contribution in [0, 0.1) is 71.2 Å². The third kappa shape index (κ3) is 40.1. The van der Waals surface area contributed by atoms with Crippen molar-refractivity contribution in [3.8, 4) is 24.3 Å². The maximum absolute atomic E-state index is 11.8. The van der Waals surface area contributed by atoms with Gasteiger partial charge in [0, 0.05) is 203 Å². The minimum Gasteiger partial charge on any atom is -1.00 e. The SMILES string of the molecule is Brc1ccccn1.CC(=O)CC#N.CC(=O)O.C[CH-]C.N.[2H]C([2H])(N)c1sccc1C.[2H]C1([2H])CC2(C/C(=C(/[N+]#[C-])C(=O)OC)CCO2)CC1([2H])[2H].[2H]C1([2H])CC2(CC(=O)CCO2)CC1([2H])[2H].[2H]C1([2H])CC2(CC(CC#N)(c3ccccn3)CCO2)CC1([2H])[2H].[2H]C1([2H])CC2(CC(c3ccccn3)(C(C#N)C(=O)O)CCO2)CC1([2H])[2H].[2H]C1([2H])CC2(CC1([2H])[2H])C[C@](CC#N)(c1ccccn1)CCO2.[2H]C1([2H])CC2(CC1([2H])[2H])C[C@](CC=O)(c1ccccn1)CCO2.[B].[Cl-].[H-].[K+].[Mg+2].[Na+].[OH-]. The number of carbonyl (C=O) groups is 6. The van der Waals surface area contributed by atoms with Crippen molar-refractivity contribution >= 4 is 94.5 Å². The summed E-state index contributed by atoms with van der Waals surface area (Å²) in [6, 6.07) is 37.5. The number of rotatable bonds is 13. The van der Waals surface area contributed by atoms with E-state index in [4.69, 9.17) is 91.5 Å². The number of hydrogen-bond acceptors (Lipinski definition) is 26. The molecule has 28 nitrogen and oxygen atoms in total. The summed E-state index contributed by atoms with van der Waals surface area (Å²) in [5, 5.41) is 54.9. The van der Waals surface area contributed by atoms with Gasteiger partial charge in [0.05, 0.1) is 84.6 Å². The molecule has 0 bridgehead atoms. The predicted molar refractivity (Wildman–Crippen MR) is 539 cm³/mol. The van der Waals surface area contributed by atoms with Crippen LogP contribution in [0.4, 0.5) is 0 Å². The number of nitrogens with two attached hydrogens (primary N) is 1. The van der Waals surface area contributed by atoms with Gasteiger partial charge in [-0.25, -0.2) is 9.83 Å². The van der Waals surface area contributed by atoms with Gasteiger partial charge in [-0.15, -0.1) is 11.3 Å². The summed E-state index contributed by atoms with van der Waals surface area (Å²) in [6.07, 6.45) is -7.18. The number of ketones is 2. The van der Waals surface area contributed by atoms with Crippen molar-refractivity contribution in [1.29, 1.82) is 21.0 Å². The minimum absolute atomic E-state index is 0. The first-order valence-electron chi connectivity index (χ1n) is 57.8. The summed E-state index contributed by atoms with van der Waals surface area (Å²) in [5.41, 5.74) is 1.27. The van der Waals surface area contributed by atoms with Crippen LogP contribution in [0.15, 0.2) is 149 Å². The Morgan fingerprint density at radius 1 is 0.585 bits per heavy atom. The number of nitrogens with zero attached hydrogens (tertiary/aromatic N) is 10. The van der Waals surface area contributed by atoms with E-state index in [0.29, 0.717) is 100 Å². The number of carbonyl (C=O) groups excluding carboxylic acids is 4. The van der Waals surface area contributed by atoms with Crippen LogP contribution in [0.2, 0.25) is 0 Å². The molecule has 8 N–H and O–H groups in total. The predicted octanol–water partition coefficient (Wildman–Crippen LogP) is 12.1. The average molecular weight is 2130 g/mol. The van der Waals surface area contributed by atoms with E-state index in [0.717, 1.165) is 40.5 Å². The molecule has 5 atom stereocenters. The second kappa shape index (κ2) is 68.5. The van der Waals surface area contributed by atoms with Crippen molar-refractivity contribution in [2.24, 2.45) is 11.7 Å². The van der Waals surface area contributed by atoms with Crippen LogP contribution in [0.25, 0.3) is 4.85 Å². The van der Waals surface area contributed by atoms with Crippen LogP contribution >= 0.6 is 27.3 Å². The monoisotopic (exact) mass is 2120 g/mol. The third-order valence-electron chi connectivity index (χ3n) is 24.7. The summed E-state index contributed by atoms with van der Waals surface area (Å²) in [5.74, 6) is -4.21. The van der Waals surface area contributed by atoms with Crippen molar-refractivity contribution < 1.29 is 208 Å². The summed E-state index contributed by atoms with van der Waals surface area (Å²) in [4.78, 5) is 90.2. The van der Waals surface area contributed by atoms with Crippen molar-refractivity contribution in [3.63, 3.8) is 0 Å². The zero-order chi connectivity index (χ0) is 121. The standard InChI is InChI=1S/C17H20N2O3.2C16H20N2O.C16H21NO2.C13H17NO3.C9H14O2.C6H9NS.C5H4BrN.C4H5NO.C3H7.C2H4O2.B.ClH.K.Mg.H3N.Na.H2O.H/c18-11-13(15(20)21)17(14-5-1-4-9-19-14)8-10-22-16(12-17)6-2-3-7-16;2*17-10-8-15(14-5-1-4-11-18-14)9-12-19-16(13-15)6-2-3-7-16;18-11-8-15(14-5-1-4-10-17-14)9-12-19-16(13-15)6-2-3-7-16;1-14-11(12(15)16-2)10-5-8-17-13(9-10)6-3-4-7-13;10-8-3-6-11-9(7-8)4-1-2-5-9;1-5-2-3-8-6(5)4-7;6-5-3-1-2-4-7-5;1-4(6)2-3-5;1-3-2;1-2(3)4;;;;;;;;/h1,4-5,9,13H,2-3,6-8,10,12H2,(H,20,21);2*1,4-5,11H,2-3,6-9,12-13H2;1,4-5,10-11H,2-3,6-9,12-13H2;3-9H2,2H3;1-7H2;2-3H,4,7H2,1H3;1-4H;2H2,1H3;3H,1-2H3;1H3,(H,3,4);;1H;;;1H3;;1H2;/q;;;;;;;;;-1;;;;+1;+2;;+1;;-1/p-2/b;;;;11-10+;;;;;;;;;;;;;;/t;15-;;15-;;;;;;;;;;;;;;;/m.1.1.............../s1/i4*2D2,3D2;3D2,4D2;1D2,2D2;4D2;;;;;;;;;;;;. The number of ether oxygens (including phenoxy) is 7. The van der Waals surface area contributed by atoms with Crippen LogP contribution in [-0.4, -0.2) is 188 Å². The van der Waals surface area contributed by atoms with Crippen molar-refractivity contribution in [3.05, 3.63) is 200 Å². The molecule has 3 unspecified atom stereocenters. The number of halogens is 2. The van der Waals surface area contributed by atoms with Crippen LogP contribution in [0.3, 0.4) is 0 Å². The fraction of sp³-hybridized carbons (Fsp3) is 0.598. The van der Waals surface area contributed by atoms with E-state index in [1.807, 2.05) is 118 Å². The Hall–Kier alpha value is -6.06. The number of methoxy groups -OCH3 is 1. The van der Waals surface area contributed by atoms with Gasteiger partial charge in [0.2, 0.25) is 0 Å². The van der Waals surface area contributed by atoms with Gasteiger partial charge in [0.1, 0.15) is 22.5 Å². The number of nitriles is 4. The van der Waals surface area contributed by atoms with Crippen molar-refractivity contribution in [2.75, 3.05) is 46.8 Å². The maximum Gasteiger partial charge on any atom is 2.00 e. The molecule has 6 aromatic heterocycles. The molecular weight excluding hydrogens is 1950 g/mol. The number of pyridine rings is 5. The molecule has 6 spiro atoms. The Bertz CT molecular complexity index is 6090. The zero-order valence-corrected chi connectivity index (χ0v) is 92.0. The number of Topliss-reactive ketones (excluding diaryl/α,β-unsaturated/α-hetero) is 2. The molecule has 6 aliphatic heterocycles. The van der Waals surface area contributed by atoms with Gasteiger partial charge in [-0.2, -0.15) is 34.9 Å². The molecule has 18 rings (SSSR count). The van der Waals surface area contributed by atoms with Gasteiger partial charge in [-0.3, -0.25) is 43.9 Å².